The number of hydrogen-bond acceptors (Lipinski definition) is 5. The maximum absolute atomic E-state index is 10.7. The van der Waals surface area contributed by atoms with E-state index in [-0.39, 0.29) is 10.6 Å². The van der Waals surface area contributed by atoms with E-state index in [1.165, 1.54) is 6.07 Å². The molecule has 1 fully saturated rings. The summed E-state index contributed by atoms with van der Waals surface area (Å²) in [6.07, 6.45) is 2.08. The summed E-state index contributed by atoms with van der Waals surface area (Å²) in [5.74, 6) is 0.720. The zero-order chi connectivity index (χ0) is 13.0. The highest BCUT2D eigenvalue weighted by atomic mass is 32.2. The van der Waals surface area contributed by atoms with Crippen LogP contribution in [0, 0.1) is 10.1 Å². The molecular weight excluding hydrogens is 252 g/mol. The topological polar surface area (TPSA) is 78.4 Å². The fraction of sp³-hybridized carbons (Fsp3) is 0.500. The van der Waals surface area contributed by atoms with Crippen molar-refractivity contribution in [2.45, 2.75) is 23.8 Å². The van der Waals surface area contributed by atoms with Gasteiger partial charge in [-0.3, -0.25) is 10.1 Å². The first-order chi connectivity index (χ1) is 8.66. The SMILES string of the molecule is Nc1ccc([N+](=O)[O-])cc1CSC1CCOCC1. The number of nitrogen functional groups attached to an aromatic ring is 1. The smallest absolute Gasteiger partial charge is 0.269 e. The summed E-state index contributed by atoms with van der Waals surface area (Å²) in [4.78, 5) is 10.3. The van der Waals surface area contributed by atoms with Crippen LogP contribution < -0.4 is 5.73 Å². The van der Waals surface area contributed by atoms with Crippen LogP contribution in [0.1, 0.15) is 18.4 Å². The molecule has 0 atom stereocenters. The van der Waals surface area contributed by atoms with Gasteiger partial charge in [-0.15, -0.1) is 0 Å². The molecule has 0 unspecified atom stereocenters. The third-order valence-corrected chi connectivity index (χ3v) is 4.40. The zero-order valence-electron chi connectivity index (χ0n) is 10.0. The van der Waals surface area contributed by atoms with Crippen LogP contribution in [-0.4, -0.2) is 23.4 Å². The molecule has 0 aromatic heterocycles. The van der Waals surface area contributed by atoms with E-state index >= 15 is 0 Å². The van der Waals surface area contributed by atoms with Crippen LogP contribution in [-0.2, 0) is 10.5 Å². The van der Waals surface area contributed by atoms with E-state index in [1.807, 2.05) is 0 Å². The average molecular weight is 268 g/mol. The van der Waals surface area contributed by atoms with E-state index in [4.69, 9.17) is 10.5 Å². The highest BCUT2D eigenvalue weighted by Crippen LogP contribution is 2.29. The van der Waals surface area contributed by atoms with Crippen LogP contribution in [0.3, 0.4) is 0 Å². The lowest BCUT2D eigenvalue weighted by atomic mass is 10.2. The molecular formula is C12H16N2O3S. The average Bonchev–Trinajstić information content (AvgIpc) is 2.38. The Kier molecular flexibility index (Phi) is 4.43. The largest absolute Gasteiger partial charge is 0.398 e. The summed E-state index contributed by atoms with van der Waals surface area (Å²) in [6.45, 7) is 1.62. The molecule has 1 aromatic carbocycles. The van der Waals surface area contributed by atoms with E-state index < -0.39 is 0 Å². The summed E-state index contributed by atoms with van der Waals surface area (Å²) < 4.78 is 5.30. The maximum atomic E-state index is 10.7. The predicted octanol–water partition coefficient (Wildman–Crippen LogP) is 2.59. The second-order valence-corrected chi connectivity index (χ2v) is 5.55. The van der Waals surface area contributed by atoms with E-state index in [1.54, 1.807) is 23.9 Å². The molecule has 6 heteroatoms. The van der Waals surface area contributed by atoms with E-state index in [9.17, 15) is 10.1 Å². The molecule has 2 N–H and O–H groups in total. The first-order valence-corrected chi connectivity index (χ1v) is 6.94. The Labute approximate surface area is 110 Å². The third kappa shape index (κ3) is 3.36. The van der Waals surface area contributed by atoms with Gasteiger partial charge in [0.25, 0.3) is 5.69 Å². The molecule has 5 nitrogen and oxygen atoms in total. The maximum Gasteiger partial charge on any atom is 0.269 e. The molecule has 0 amide bonds. The molecule has 1 saturated heterocycles. The highest BCUT2D eigenvalue weighted by Gasteiger charge is 2.16. The second kappa shape index (κ2) is 6.06. The normalized spacial score (nSPS) is 16.7. The Morgan fingerprint density at radius 3 is 2.83 bits per heavy atom. The molecule has 0 saturated carbocycles. The van der Waals surface area contributed by atoms with Crippen LogP contribution >= 0.6 is 11.8 Å². The lowest BCUT2D eigenvalue weighted by molar-refractivity contribution is -0.384. The van der Waals surface area contributed by atoms with E-state index in [0.717, 1.165) is 37.4 Å². The van der Waals surface area contributed by atoms with Gasteiger partial charge in [-0.2, -0.15) is 11.8 Å². The molecule has 2 rings (SSSR count). The minimum Gasteiger partial charge on any atom is -0.398 e. The molecule has 1 aromatic rings. The Bertz CT molecular complexity index is 433. The number of non-ortho nitro benzene ring substituents is 1. The van der Waals surface area contributed by atoms with Crippen LogP contribution in [0.2, 0.25) is 0 Å². The number of nitro groups is 1. The number of thioether (sulfide) groups is 1. The number of benzene rings is 1. The van der Waals surface area contributed by atoms with Gasteiger partial charge in [0.05, 0.1) is 4.92 Å². The summed E-state index contributed by atoms with van der Waals surface area (Å²) in [7, 11) is 0. The molecule has 0 bridgehead atoms. The molecule has 18 heavy (non-hydrogen) atoms. The van der Waals surface area contributed by atoms with Gasteiger partial charge in [-0.05, 0) is 24.5 Å². The van der Waals surface area contributed by atoms with Gasteiger partial charge >= 0.3 is 0 Å². The summed E-state index contributed by atoms with van der Waals surface area (Å²) in [6, 6.07) is 4.62. The Balaban J connectivity index is 1.99. The van der Waals surface area contributed by atoms with Gasteiger partial charge in [0, 0.05) is 42.0 Å². The summed E-state index contributed by atoms with van der Waals surface area (Å²) >= 11 is 1.80. The van der Waals surface area contributed by atoms with Crippen molar-refractivity contribution in [2.24, 2.45) is 0 Å². The zero-order valence-corrected chi connectivity index (χ0v) is 10.8. The van der Waals surface area contributed by atoms with Crippen molar-refractivity contribution < 1.29 is 9.66 Å². The third-order valence-electron chi connectivity index (χ3n) is 2.98. The number of hydrogen-bond donors (Lipinski definition) is 1. The Morgan fingerprint density at radius 1 is 1.44 bits per heavy atom. The van der Waals surface area contributed by atoms with Crippen LogP contribution in [0.15, 0.2) is 18.2 Å². The molecule has 0 aliphatic carbocycles. The van der Waals surface area contributed by atoms with Crippen molar-refractivity contribution in [1.82, 2.24) is 0 Å². The number of rotatable bonds is 4. The standard InChI is InChI=1S/C12H16N2O3S/c13-12-2-1-10(14(15)16)7-9(12)8-18-11-3-5-17-6-4-11/h1-2,7,11H,3-6,8,13H2. The van der Waals surface area contributed by atoms with Crippen LogP contribution in [0.4, 0.5) is 11.4 Å². The van der Waals surface area contributed by atoms with Gasteiger partial charge in [0.2, 0.25) is 0 Å². The fourth-order valence-electron chi connectivity index (χ4n) is 1.88. The molecule has 1 aliphatic heterocycles. The van der Waals surface area contributed by atoms with Crippen molar-refractivity contribution in [3.8, 4) is 0 Å². The molecule has 98 valence electrons. The van der Waals surface area contributed by atoms with Gasteiger partial charge < -0.3 is 10.5 Å². The van der Waals surface area contributed by atoms with Crippen molar-refractivity contribution in [3.05, 3.63) is 33.9 Å². The molecule has 1 aliphatic rings. The van der Waals surface area contributed by atoms with Crippen LogP contribution in [0.5, 0.6) is 0 Å². The van der Waals surface area contributed by atoms with Crippen molar-refractivity contribution >= 4 is 23.1 Å². The lowest BCUT2D eigenvalue weighted by Crippen LogP contribution is -2.17. The number of ether oxygens (including phenoxy) is 1. The molecule has 0 spiro atoms. The highest BCUT2D eigenvalue weighted by molar-refractivity contribution is 7.99. The minimum atomic E-state index is -0.387. The van der Waals surface area contributed by atoms with E-state index in [0.29, 0.717) is 10.9 Å². The fourth-order valence-corrected chi connectivity index (χ4v) is 3.07. The molecule has 1 heterocycles. The number of nitrogens with two attached hydrogens (primary N) is 1. The van der Waals surface area contributed by atoms with Crippen molar-refractivity contribution in [3.63, 3.8) is 0 Å². The van der Waals surface area contributed by atoms with Gasteiger partial charge in [0.15, 0.2) is 0 Å². The lowest BCUT2D eigenvalue weighted by Gasteiger charge is -2.21. The van der Waals surface area contributed by atoms with E-state index in [2.05, 4.69) is 0 Å². The van der Waals surface area contributed by atoms with Gasteiger partial charge in [0.1, 0.15) is 0 Å². The summed E-state index contributed by atoms with van der Waals surface area (Å²) in [5.41, 5.74) is 7.42. The van der Waals surface area contributed by atoms with Gasteiger partial charge in [-0.25, -0.2) is 0 Å². The number of nitrogens with zero attached hydrogens (tertiary/aromatic N) is 1. The second-order valence-electron chi connectivity index (χ2n) is 4.26. The van der Waals surface area contributed by atoms with Crippen molar-refractivity contribution in [2.75, 3.05) is 18.9 Å². The summed E-state index contributed by atoms with van der Waals surface area (Å²) in [5, 5.41) is 11.3. The first-order valence-electron chi connectivity index (χ1n) is 5.89. The number of anilines is 1. The Morgan fingerprint density at radius 2 is 2.17 bits per heavy atom. The monoisotopic (exact) mass is 268 g/mol. The Hall–Kier alpha value is -1.27. The quantitative estimate of drug-likeness (QED) is 0.516. The van der Waals surface area contributed by atoms with Crippen molar-refractivity contribution in [1.29, 1.82) is 0 Å². The predicted molar refractivity (Wildman–Crippen MR) is 72.6 cm³/mol. The van der Waals surface area contributed by atoms with Gasteiger partial charge in [-0.1, -0.05) is 0 Å². The molecule has 0 radical (unpaired) electrons. The minimum absolute atomic E-state index is 0.103. The van der Waals surface area contributed by atoms with Crippen LogP contribution in [0.25, 0.3) is 0 Å². The first kappa shape index (κ1) is 13.2. The number of nitro benzene ring substituents is 1.